The topological polar surface area (TPSA) is 9.23 Å². The van der Waals surface area contributed by atoms with E-state index in [2.05, 4.69) is 27.7 Å². The van der Waals surface area contributed by atoms with Crippen molar-refractivity contribution < 1.29 is 22.0 Å². The van der Waals surface area contributed by atoms with Gasteiger partial charge in [0, 0.05) is 6.07 Å². The molecule has 0 saturated carbocycles. The van der Waals surface area contributed by atoms with E-state index in [1.54, 1.807) is 0 Å². The molecule has 1 rings (SSSR count). The number of halogens is 4. The third-order valence-corrected chi connectivity index (χ3v) is 18.5. The Morgan fingerprint density at radius 2 is 1.26 bits per heavy atom. The summed E-state index contributed by atoms with van der Waals surface area (Å²) in [7, 11) is -4.03. The maximum Gasteiger partial charge on any atom is 0.254 e. The third-order valence-electron chi connectivity index (χ3n) is 7.44. The molecular weight excluding hydrogens is 436 g/mol. The van der Waals surface area contributed by atoms with Crippen LogP contribution in [0.25, 0.3) is 0 Å². The van der Waals surface area contributed by atoms with Crippen molar-refractivity contribution in [1.29, 1.82) is 0 Å². The molecule has 0 saturated heterocycles. The molecule has 0 fully saturated rings. The zero-order chi connectivity index (χ0) is 23.7. The Morgan fingerprint density at radius 1 is 0.742 bits per heavy atom. The van der Waals surface area contributed by atoms with Crippen LogP contribution in [-0.4, -0.2) is 16.4 Å². The first kappa shape index (κ1) is 28.2. The van der Waals surface area contributed by atoms with Crippen LogP contribution in [0.15, 0.2) is 6.07 Å². The first-order chi connectivity index (χ1) is 14.6. The molecule has 1 aromatic rings. The predicted molar refractivity (Wildman–Crippen MR) is 128 cm³/mol. The Balaban J connectivity index is 3.23. The number of hydrogen-bond acceptors (Lipinski definition) is 1. The van der Waals surface area contributed by atoms with E-state index in [4.69, 9.17) is 4.43 Å². The Labute approximate surface area is 189 Å². The van der Waals surface area contributed by atoms with Crippen molar-refractivity contribution in [3.8, 4) is 5.75 Å². The summed E-state index contributed by atoms with van der Waals surface area (Å²) in [4.78, 5) is 0. The number of unbranched alkanes of at least 4 members (excludes halogenated alkanes) is 3. The van der Waals surface area contributed by atoms with Crippen molar-refractivity contribution in [3.05, 3.63) is 29.3 Å². The summed E-state index contributed by atoms with van der Waals surface area (Å²) >= 11 is 0. The Hall–Kier alpha value is -0.826. The van der Waals surface area contributed by atoms with E-state index in [-0.39, 0.29) is 11.6 Å². The van der Waals surface area contributed by atoms with Crippen LogP contribution in [0.4, 0.5) is 17.6 Å². The molecule has 0 aliphatic rings. The molecule has 1 aromatic carbocycles. The quantitative estimate of drug-likeness (QED) is 0.106. The van der Waals surface area contributed by atoms with Crippen LogP contribution in [0.1, 0.15) is 73.6 Å². The van der Waals surface area contributed by atoms with Crippen molar-refractivity contribution in [1.82, 2.24) is 0 Å². The Bertz CT molecular complexity index is 646. The molecule has 0 aliphatic heterocycles. The van der Waals surface area contributed by atoms with Crippen LogP contribution < -0.4 is 4.43 Å². The van der Waals surface area contributed by atoms with Gasteiger partial charge in [-0.25, -0.2) is 8.78 Å². The van der Waals surface area contributed by atoms with Gasteiger partial charge in [0.15, 0.2) is 17.4 Å². The summed E-state index contributed by atoms with van der Waals surface area (Å²) in [6.07, 6.45) is 5.09. The molecule has 0 heterocycles. The minimum atomic E-state index is -2.70. The smallest absolute Gasteiger partial charge is 0.254 e. The van der Waals surface area contributed by atoms with E-state index in [9.17, 15) is 17.6 Å². The molecule has 31 heavy (non-hydrogen) atoms. The lowest BCUT2D eigenvalue weighted by atomic mass is 10.2. The lowest BCUT2D eigenvalue weighted by Crippen LogP contribution is -2.46. The normalized spacial score (nSPS) is 14.2. The summed E-state index contributed by atoms with van der Waals surface area (Å²) in [6.45, 7) is 13.0. The van der Waals surface area contributed by atoms with Gasteiger partial charge in [0.05, 0.1) is 8.07 Å². The van der Waals surface area contributed by atoms with Crippen LogP contribution in [-0.2, 0) is 0 Å². The van der Waals surface area contributed by atoms with Gasteiger partial charge in [-0.1, -0.05) is 97.8 Å². The van der Waals surface area contributed by atoms with Crippen LogP contribution >= 0.6 is 0 Å². The fourth-order valence-electron chi connectivity index (χ4n) is 4.66. The number of hydrogen-bond donors (Lipinski definition) is 0. The standard InChI is InChI=1S/C24H42F4OSi2/c1-7-11-12-13-16-31(19(5)6,17-14-15-30(8-2,9-3)10-4)29-24-22(27)20(25)18-21(26)23(24)28/h18-19H,7-17H2,1-6H3. The monoisotopic (exact) mass is 478 g/mol. The van der Waals surface area contributed by atoms with Gasteiger partial charge >= 0.3 is 0 Å². The molecule has 0 radical (unpaired) electrons. The van der Waals surface area contributed by atoms with Gasteiger partial charge in [-0.2, -0.15) is 8.78 Å². The van der Waals surface area contributed by atoms with E-state index < -0.39 is 45.4 Å². The van der Waals surface area contributed by atoms with Gasteiger partial charge in [0.25, 0.3) is 8.32 Å². The molecular formula is C24H42F4OSi2. The van der Waals surface area contributed by atoms with Gasteiger partial charge < -0.3 is 4.43 Å². The van der Waals surface area contributed by atoms with Crippen molar-refractivity contribution >= 4 is 16.4 Å². The lowest BCUT2D eigenvalue weighted by Gasteiger charge is -2.37. The summed E-state index contributed by atoms with van der Waals surface area (Å²) in [5.74, 6) is -6.48. The summed E-state index contributed by atoms with van der Waals surface area (Å²) < 4.78 is 62.8. The van der Waals surface area contributed by atoms with Crippen LogP contribution in [0.2, 0.25) is 41.8 Å². The molecule has 1 atom stereocenters. The molecule has 180 valence electrons. The zero-order valence-corrected chi connectivity index (χ0v) is 22.4. The SMILES string of the molecule is CCCCCC[Si](CCC[Si](CC)(CC)CC)(Oc1c(F)c(F)cc(F)c1F)C(C)C. The molecule has 7 heteroatoms. The van der Waals surface area contributed by atoms with Crippen molar-refractivity contribution in [2.24, 2.45) is 0 Å². The Morgan fingerprint density at radius 3 is 1.71 bits per heavy atom. The number of rotatable bonds is 15. The van der Waals surface area contributed by atoms with Gasteiger partial charge in [0.2, 0.25) is 11.6 Å². The van der Waals surface area contributed by atoms with Gasteiger partial charge in [-0.3, -0.25) is 0 Å². The van der Waals surface area contributed by atoms with Gasteiger partial charge in [0.1, 0.15) is 0 Å². The Kier molecular flexibility index (Phi) is 11.8. The van der Waals surface area contributed by atoms with E-state index in [0.717, 1.165) is 44.2 Å². The van der Waals surface area contributed by atoms with Crippen LogP contribution in [0.3, 0.4) is 0 Å². The first-order valence-corrected chi connectivity index (χ1v) is 17.4. The molecule has 0 spiro atoms. The molecule has 1 unspecified atom stereocenters. The maximum atomic E-state index is 14.5. The zero-order valence-electron chi connectivity index (χ0n) is 20.4. The molecule has 0 aliphatic carbocycles. The fraction of sp³-hybridized carbons (Fsp3) is 0.750. The van der Waals surface area contributed by atoms with Crippen molar-refractivity contribution in [2.75, 3.05) is 0 Å². The van der Waals surface area contributed by atoms with E-state index in [1.165, 1.54) is 24.2 Å². The average molecular weight is 479 g/mol. The van der Waals surface area contributed by atoms with Crippen molar-refractivity contribution in [3.63, 3.8) is 0 Å². The summed E-state index contributed by atoms with van der Waals surface area (Å²) in [5, 5.41) is 0. The van der Waals surface area contributed by atoms with Gasteiger partial charge in [-0.05, 0) is 17.6 Å². The van der Waals surface area contributed by atoms with Gasteiger partial charge in [-0.15, -0.1) is 0 Å². The molecule has 0 aromatic heterocycles. The second kappa shape index (κ2) is 13.0. The summed E-state index contributed by atoms with van der Waals surface area (Å²) in [5.41, 5.74) is 0.0835. The molecule has 0 amide bonds. The average Bonchev–Trinajstić information content (AvgIpc) is 2.75. The second-order valence-electron chi connectivity index (χ2n) is 9.34. The highest BCUT2D eigenvalue weighted by molar-refractivity contribution is 6.80. The fourth-order valence-corrected chi connectivity index (χ4v) is 12.6. The molecule has 0 N–H and O–H groups in total. The van der Waals surface area contributed by atoms with Crippen LogP contribution in [0, 0.1) is 23.3 Å². The van der Waals surface area contributed by atoms with E-state index >= 15 is 0 Å². The highest BCUT2D eigenvalue weighted by Gasteiger charge is 2.42. The van der Waals surface area contributed by atoms with Crippen molar-refractivity contribution in [2.45, 2.75) is 115 Å². The van der Waals surface area contributed by atoms with Crippen LogP contribution in [0.5, 0.6) is 5.75 Å². The highest BCUT2D eigenvalue weighted by atomic mass is 28.4. The predicted octanol–water partition coefficient (Wildman–Crippen LogP) is 9.46. The largest absolute Gasteiger partial charge is 0.539 e. The van der Waals surface area contributed by atoms with E-state index in [0.29, 0.717) is 0 Å². The number of benzene rings is 1. The maximum absolute atomic E-state index is 14.5. The highest BCUT2D eigenvalue weighted by Crippen LogP contribution is 2.40. The minimum absolute atomic E-state index is 0.0835. The minimum Gasteiger partial charge on any atom is -0.539 e. The molecule has 1 nitrogen and oxygen atoms in total. The summed E-state index contributed by atoms with van der Waals surface area (Å²) in [6, 6.07) is 6.62. The first-order valence-electron chi connectivity index (χ1n) is 12.1. The molecule has 0 bridgehead atoms. The third kappa shape index (κ3) is 7.34. The lowest BCUT2D eigenvalue weighted by molar-refractivity contribution is 0.380. The second-order valence-corrected chi connectivity index (χ2v) is 19.5. The van der Waals surface area contributed by atoms with E-state index in [1.807, 2.05) is 13.8 Å².